The molecule has 3 aromatic rings. The minimum atomic E-state index is 0.722. The van der Waals surface area contributed by atoms with E-state index in [9.17, 15) is 0 Å². The maximum absolute atomic E-state index is 5.32. The van der Waals surface area contributed by atoms with Crippen molar-refractivity contribution in [3.63, 3.8) is 0 Å². The van der Waals surface area contributed by atoms with Crippen LogP contribution >= 0.6 is 11.3 Å². The van der Waals surface area contributed by atoms with Crippen LogP contribution in [0.5, 0.6) is 11.5 Å². The SMILES string of the molecule is COc1ccc(CNCc2ncc(-c3cccnc3)s2)cc1OC. The minimum absolute atomic E-state index is 0.722. The number of methoxy groups -OCH3 is 2. The van der Waals surface area contributed by atoms with Crippen LogP contribution in [0.25, 0.3) is 10.4 Å². The maximum Gasteiger partial charge on any atom is 0.161 e. The lowest BCUT2D eigenvalue weighted by Crippen LogP contribution is -2.12. The molecule has 3 rings (SSSR count). The van der Waals surface area contributed by atoms with E-state index in [1.54, 1.807) is 31.8 Å². The molecule has 0 saturated carbocycles. The van der Waals surface area contributed by atoms with Crippen LogP contribution in [-0.4, -0.2) is 24.2 Å². The van der Waals surface area contributed by atoms with Crippen LogP contribution in [0.3, 0.4) is 0 Å². The Balaban J connectivity index is 1.58. The molecular formula is C18H19N3O2S. The van der Waals surface area contributed by atoms with Crippen molar-refractivity contribution in [2.45, 2.75) is 13.1 Å². The van der Waals surface area contributed by atoms with Gasteiger partial charge in [-0.15, -0.1) is 11.3 Å². The zero-order valence-corrected chi connectivity index (χ0v) is 14.5. The zero-order valence-electron chi connectivity index (χ0n) is 13.7. The van der Waals surface area contributed by atoms with Gasteiger partial charge in [0.05, 0.1) is 19.1 Å². The average molecular weight is 341 g/mol. The third-order valence-electron chi connectivity index (χ3n) is 3.55. The first-order chi connectivity index (χ1) is 11.8. The molecule has 0 fully saturated rings. The summed E-state index contributed by atoms with van der Waals surface area (Å²) in [5.74, 6) is 1.48. The van der Waals surface area contributed by atoms with Crippen molar-refractivity contribution in [3.05, 3.63) is 59.5 Å². The van der Waals surface area contributed by atoms with Crippen molar-refractivity contribution in [1.82, 2.24) is 15.3 Å². The predicted molar refractivity (Wildman–Crippen MR) is 95.4 cm³/mol. The van der Waals surface area contributed by atoms with E-state index < -0.39 is 0 Å². The molecule has 0 spiro atoms. The molecule has 1 aromatic carbocycles. The highest BCUT2D eigenvalue weighted by atomic mass is 32.1. The normalized spacial score (nSPS) is 10.6. The molecule has 0 bridgehead atoms. The molecule has 24 heavy (non-hydrogen) atoms. The number of nitrogens with zero attached hydrogens (tertiary/aromatic N) is 2. The fourth-order valence-corrected chi connectivity index (χ4v) is 3.22. The monoisotopic (exact) mass is 341 g/mol. The second-order valence-electron chi connectivity index (χ2n) is 5.15. The van der Waals surface area contributed by atoms with E-state index in [2.05, 4.69) is 15.3 Å². The van der Waals surface area contributed by atoms with Crippen LogP contribution in [0, 0.1) is 0 Å². The topological polar surface area (TPSA) is 56.3 Å². The molecule has 0 saturated heterocycles. The van der Waals surface area contributed by atoms with E-state index in [1.165, 1.54) is 0 Å². The van der Waals surface area contributed by atoms with Crippen LogP contribution in [0.15, 0.2) is 48.9 Å². The summed E-state index contributed by atoms with van der Waals surface area (Å²) in [6, 6.07) is 9.90. The number of benzene rings is 1. The summed E-state index contributed by atoms with van der Waals surface area (Å²) in [5, 5.41) is 4.46. The van der Waals surface area contributed by atoms with Crippen molar-refractivity contribution < 1.29 is 9.47 Å². The lowest BCUT2D eigenvalue weighted by molar-refractivity contribution is 0.354. The number of rotatable bonds is 7. The van der Waals surface area contributed by atoms with Gasteiger partial charge in [-0.1, -0.05) is 12.1 Å². The summed E-state index contributed by atoms with van der Waals surface area (Å²) in [7, 11) is 3.28. The molecule has 5 nitrogen and oxygen atoms in total. The third kappa shape index (κ3) is 3.90. The van der Waals surface area contributed by atoms with Crippen LogP contribution in [-0.2, 0) is 13.1 Å². The number of hydrogen-bond donors (Lipinski definition) is 1. The number of pyridine rings is 1. The Hall–Kier alpha value is -2.44. The van der Waals surface area contributed by atoms with E-state index in [0.717, 1.165) is 45.6 Å². The highest BCUT2D eigenvalue weighted by Gasteiger charge is 2.06. The Bertz CT molecular complexity index is 790. The fourth-order valence-electron chi connectivity index (χ4n) is 2.34. The van der Waals surface area contributed by atoms with Gasteiger partial charge < -0.3 is 14.8 Å². The van der Waals surface area contributed by atoms with E-state index in [-0.39, 0.29) is 0 Å². The Morgan fingerprint density at radius 3 is 2.67 bits per heavy atom. The molecule has 124 valence electrons. The van der Waals surface area contributed by atoms with Gasteiger partial charge in [0.2, 0.25) is 0 Å². The van der Waals surface area contributed by atoms with Crippen LogP contribution < -0.4 is 14.8 Å². The van der Waals surface area contributed by atoms with Crippen LogP contribution in [0.1, 0.15) is 10.6 Å². The summed E-state index contributed by atoms with van der Waals surface area (Å²) >= 11 is 1.68. The molecule has 0 unspecified atom stereocenters. The molecule has 2 aromatic heterocycles. The van der Waals surface area contributed by atoms with Gasteiger partial charge in [0.15, 0.2) is 11.5 Å². The molecule has 1 N–H and O–H groups in total. The van der Waals surface area contributed by atoms with Gasteiger partial charge in [-0.2, -0.15) is 0 Å². The Morgan fingerprint density at radius 2 is 1.92 bits per heavy atom. The van der Waals surface area contributed by atoms with Crippen LogP contribution in [0.4, 0.5) is 0 Å². The van der Waals surface area contributed by atoms with E-state index in [4.69, 9.17) is 9.47 Å². The Kier molecular flexibility index (Phi) is 5.40. The van der Waals surface area contributed by atoms with Crippen molar-refractivity contribution in [3.8, 4) is 21.9 Å². The number of aromatic nitrogens is 2. The molecule has 0 aliphatic rings. The summed E-state index contributed by atoms with van der Waals surface area (Å²) in [6.45, 7) is 1.46. The summed E-state index contributed by atoms with van der Waals surface area (Å²) in [5.41, 5.74) is 2.23. The first-order valence-corrected chi connectivity index (χ1v) is 8.38. The lowest BCUT2D eigenvalue weighted by atomic mass is 10.2. The van der Waals surface area contributed by atoms with Gasteiger partial charge in [0, 0.05) is 37.2 Å². The van der Waals surface area contributed by atoms with E-state index in [1.807, 2.05) is 42.7 Å². The predicted octanol–water partition coefficient (Wildman–Crippen LogP) is 3.51. The summed E-state index contributed by atoms with van der Waals surface area (Å²) in [4.78, 5) is 9.74. The highest BCUT2D eigenvalue weighted by Crippen LogP contribution is 2.28. The zero-order chi connectivity index (χ0) is 16.8. The first kappa shape index (κ1) is 16.4. The first-order valence-electron chi connectivity index (χ1n) is 7.57. The van der Waals surface area contributed by atoms with Gasteiger partial charge >= 0.3 is 0 Å². The highest BCUT2D eigenvalue weighted by molar-refractivity contribution is 7.15. The minimum Gasteiger partial charge on any atom is -0.493 e. The fraction of sp³-hybridized carbons (Fsp3) is 0.222. The molecule has 6 heteroatoms. The van der Waals surface area contributed by atoms with Gasteiger partial charge in [-0.05, 0) is 23.8 Å². The van der Waals surface area contributed by atoms with Crippen molar-refractivity contribution in [2.75, 3.05) is 14.2 Å². The lowest BCUT2D eigenvalue weighted by Gasteiger charge is -2.09. The van der Waals surface area contributed by atoms with E-state index >= 15 is 0 Å². The molecule has 0 aliphatic heterocycles. The van der Waals surface area contributed by atoms with Crippen LogP contribution in [0.2, 0.25) is 0 Å². The Morgan fingerprint density at radius 1 is 1.04 bits per heavy atom. The molecular weight excluding hydrogens is 322 g/mol. The molecule has 0 amide bonds. The van der Waals surface area contributed by atoms with E-state index in [0.29, 0.717) is 0 Å². The van der Waals surface area contributed by atoms with Gasteiger partial charge in [0.1, 0.15) is 5.01 Å². The molecule has 0 radical (unpaired) electrons. The van der Waals surface area contributed by atoms with Gasteiger partial charge in [-0.25, -0.2) is 4.98 Å². The number of nitrogens with one attached hydrogen (secondary N) is 1. The standard InChI is InChI=1S/C18H19N3O2S/c1-22-15-6-5-13(8-16(15)23-2)9-20-12-18-21-11-17(24-18)14-4-3-7-19-10-14/h3-8,10-11,20H,9,12H2,1-2H3. The van der Waals surface area contributed by atoms with Crippen molar-refractivity contribution in [1.29, 1.82) is 0 Å². The quantitative estimate of drug-likeness (QED) is 0.713. The Labute approximate surface area is 145 Å². The smallest absolute Gasteiger partial charge is 0.161 e. The summed E-state index contributed by atoms with van der Waals surface area (Å²) in [6.07, 6.45) is 5.53. The number of hydrogen-bond acceptors (Lipinski definition) is 6. The molecule has 0 atom stereocenters. The maximum atomic E-state index is 5.32. The molecule has 0 aliphatic carbocycles. The summed E-state index contributed by atoms with van der Waals surface area (Å²) < 4.78 is 10.6. The van der Waals surface area contributed by atoms with Gasteiger partial charge in [0.25, 0.3) is 0 Å². The second-order valence-corrected chi connectivity index (χ2v) is 6.27. The average Bonchev–Trinajstić information content (AvgIpc) is 3.11. The number of thiazole rings is 1. The largest absolute Gasteiger partial charge is 0.493 e. The number of ether oxygens (including phenoxy) is 2. The third-order valence-corrected chi connectivity index (χ3v) is 4.60. The second kappa shape index (κ2) is 7.90. The van der Waals surface area contributed by atoms with Crippen molar-refractivity contribution in [2.24, 2.45) is 0 Å². The van der Waals surface area contributed by atoms with Crippen molar-refractivity contribution >= 4 is 11.3 Å². The molecule has 2 heterocycles. The van der Waals surface area contributed by atoms with Gasteiger partial charge in [-0.3, -0.25) is 4.98 Å².